The Morgan fingerprint density at radius 3 is 3.05 bits per heavy atom. The van der Waals surface area contributed by atoms with E-state index in [0.29, 0.717) is 19.4 Å². The van der Waals surface area contributed by atoms with Crippen LogP contribution in [0.1, 0.15) is 24.6 Å². The maximum Gasteiger partial charge on any atom is 0.306 e. The van der Waals surface area contributed by atoms with Gasteiger partial charge < -0.3 is 10.1 Å². The number of carbonyl (C=O) groups excluding carboxylic acids is 1. The van der Waals surface area contributed by atoms with Gasteiger partial charge in [-0.25, -0.2) is 4.98 Å². The number of carbonyl (C=O) groups is 1. The van der Waals surface area contributed by atoms with E-state index < -0.39 is 0 Å². The molecule has 4 nitrogen and oxygen atoms in total. The standard InChI is InChI=1S/C15H17BrN2O2S/c1-3-20-14(19)7-5-11-9-21-15(17-11)18-13-8-10(2)4-6-12(13)16/h4,6,8-9H,3,5,7H2,1-2H3,(H,17,18). The van der Waals surface area contributed by atoms with Crippen LogP contribution < -0.4 is 5.32 Å². The number of nitrogens with zero attached hydrogens (tertiary/aromatic N) is 1. The van der Waals surface area contributed by atoms with Gasteiger partial charge in [0, 0.05) is 16.3 Å². The molecule has 1 aromatic heterocycles. The summed E-state index contributed by atoms with van der Waals surface area (Å²) in [5.41, 5.74) is 3.07. The summed E-state index contributed by atoms with van der Waals surface area (Å²) >= 11 is 5.04. The normalized spacial score (nSPS) is 10.4. The molecule has 1 heterocycles. The van der Waals surface area contributed by atoms with Crippen LogP contribution in [-0.4, -0.2) is 17.6 Å². The summed E-state index contributed by atoms with van der Waals surface area (Å²) in [5.74, 6) is -0.179. The van der Waals surface area contributed by atoms with Crippen LogP contribution in [0.5, 0.6) is 0 Å². The highest BCUT2D eigenvalue weighted by Gasteiger charge is 2.08. The van der Waals surface area contributed by atoms with E-state index in [0.717, 1.165) is 21.0 Å². The first-order valence-corrected chi connectivity index (χ1v) is 8.39. The van der Waals surface area contributed by atoms with E-state index in [-0.39, 0.29) is 5.97 Å². The van der Waals surface area contributed by atoms with E-state index >= 15 is 0 Å². The fraction of sp³-hybridized carbons (Fsp3) is 0.333. The minimum Gasteiger partial charge on any atom is -0.466 e. The summed E-state index contributed by atoms with van der Waals surface area (Å²) in [6.45, 7) is 4.27. The molecule has 0 amide bonds. The van der Waals surface area contributed by atoms with Crippen molar-refractivity contribution < 1.29 is 9.53 Å². The second kappa shape index (κ2) is 7.56. The second-order valence-corrected chi connectivity index (χ2v) is 6.27. The van der Waals surface area contributed by atoms with Crippen LogP contribution in [0.25, 0.3) is 0 Å². The Bertz CT molecular complexity index is 628. The molecule has 0 unspecified atom stereocenters. The quantitative estimate of drug-likeness (QED) is 0.765. The first-order chi connectivity index (χ1) is 10.1. The van der Waals surface area contributed by atoms with E-state index in [1.54, 1.807) is 0 Å². The summed E-state index contributed by atoms with van der Waals surface area (Å²) in [4.78, 5) is 15.8. The van der Waals surface area contributed by atoms with Crippen molar-refractivity contribution >= 4 is 44.1 Å². The average molecular weight is 369 g/mol. The van der Waals surface area contributed by atoms with Crippen molar-refractivity contribution in [3.05, 3.63) is 39.3 Å². The van der Waals surface area contributed by atoms with Gasteiger partial charge >= 0.3 is 5.97 Å². The van der Waals surface area contributed by atoms with Gasteiger partial charge in [-0.1, -0.05) is 6.07 Å². The first kappa shape index (κ1) is 16.0. The van der Waals surface area contributed by atoms with Crippen LogP contribution in [-0.2, 0) is 16.0 Å². The molecule has 1 aromatic carbocycles. The van der Waals surface area contributed by atoms with E-state index in [2.05, 4.69) is 32.3 Å². The minimum atomic E-state index is -0.179. The molecule has 21 heavy (non-hydrogen) atoms. The number of rotatable bonds is 6. The highest BCUT2D eigenvalue weighted by molar-refractivity contribution is 9.10. The Hall–Kier alpha value is -1.40. The van der Waals surface area contributed by atoms with Gasteiger partial charge in [0.2, 0.25) is 0 Å². The fourth-order valence-corrected chi connectivity index (χ4v) is 2.90. The number of thiazole rings is 1. The number of aryl methyl sites for hydroxylation is 2. The van der Waals surface area contributed by atoms with Crippen LogP contribution in [0.3, 0.4) is 0 Å². The SMILES string of the molecule is CCOC(=O)CCc1csc(Nc2cc(C)ccc2Br)n1. The number of ether oxygens (including phenoxy) is 1. The smallest absolute Gasteiger partial charge is 0.306 e. The van der Waals surface area contributed by atoms with Crippen molar-refractivity contribution in [2.24, 2.45) is 0 Å². The van der Waals surface area contributed by atoms with Crippen molar-refractivity contribution in [1.82, 2.24) is 4.98 Å². The number of hydrogen-bond acceptors (Lipinski definition) is 5. The Morgan fingerprint density at radius 1 is 1.48 bits per heavy atom. The molecule has 0 spiro atoms. The van der Waals surface area contributed by atoms with Gasteiger partial charge in [-0.05, 0) is 47.5 Å². The second-order valence-electron chi connectivity index (χ2n) is 4.56. The van der Waals surface area contributed by atoms with Crippen LogP contribution in [0, 0.1) is 6.92 Å². The van der Waals surface area contributed by atoms with Crippen LogP contribution in [0.4, 0.5) is 10.8 Å². The molecule has 0 atom stereocenters. The van der Waals surface area contributed by atoms with Gasteiger partial charge in [0.15, 0.2) is 5.13 Å². The van der Waals surface area contributed by atoms with Crippen molar-refractivity contribution in [2.45, 2.75) is 26.7 Å². The number of nitrogens with one attached hydrogen (secondary N) is 1. The van der Waals surface area contributed by atoms with E-state index in [1.807, 2.05) is 31.4 Å². The van der Waals surface area contributed by atoms with Crippen molar-refractivity contribution in [2.75, 3.05) is 11.9 Å². The van der Waals surface area contributed by atoms with Crippen molar-refractivity contribution in [3.63, 3.8) is 0 Å². The molecule has 6 heteroatoms. The van der Waals surface area contributed by atoms with Gasteiger partial charge in [0.05, 0.1) is 24.4 Å². The van der Waals surface area contributed by atoms with E-state index in [9.17, 15) is 4.79 Å². The lowest BCUT2D eigenvalue weighted by Crippen LogP contribution is -2.05. The zero-order valence-electron chi connectivity index (χ0n) is 12.0. The van der Waals surface area contributed by atoms with Gasteiger partial charge in [-0.2, -0.15) is 0 Å². The Kier molecular flexibility index (Phi) is 5.76. The molecule has 0 bridgehead atoms. The zero-order chi connectivity index (χ0) is 15.2. The number of hydrogen-bond donors (Lipinski definition) is 1. The third-order valence-electron chi connectivity index (χ3n) is 2.81. The predicted molar refractivity (Wildman–Crippen MR) is 89.2 cm³/mol. The maximum absolute atomic E-state index is 11.3. The Balaban J connectivity index is 1.97. The molecule has 0 fully saturated rings. The van der Waals surface area contributed by atoms with Gasteiger partial charge in [0.1, 0.15) is 0 Å². The summed E-state index contributed by atoms with van der Waals surface area (Å²) < 4.78 is 5.91. The molecule has 0 aliphatic rings. The third-order valence-corrected chi connectivity index (χ3v) is 4.30. The van der Waals surface area contributed by atoms with E-state index in [4.69, 9.17) is 4.74 Å². The molecule has 0 saturated carbocycles. The largest absolute Gasteiger partial charge is 0.466 e. The summed E-state index contributed by atoms with van der Waals surface area (Å²) in [7, 11) is 0. The van der Waals surface area contributed by atoms with Gasteiger partial charge in [-0.3, -0.25) is 4.79 Å². The number of aromatic nitrogens is 1. The van der Waals surface area contributed by atoms with Crippen LogP contribution >= 0.6 is 27.3 Å². The lowest BCUT2D eigenvalue weighted by Gasteiger charge is -2.06. The predicted octanol–water partition coefficient (Wildman–Crippen LogP) is 4.45. The fourth-order valence-electron chi connectivity index (χ4n) is 1.79. The molecule has 0 saturated heterocycles. The molecule has 2 aromatic rings. The molecular weight excluding hydrogens is 352 g/mol. The molecule has 2 rings (SSSR count). The lowest BCUT2D eigenvalue weighted by molar-refractivity contribution is -0.143. The first-order valence-electron chi connectivity index (χ1n) is 6.71. The highest BCUT2D eigenvalue weighted by Crippen LogP contribution is 2.28. The topological polar surface area (TPSA) is 51.2 Å². The zero-order valence-corrected chi connectivity index (χ0v) is 14.4. The molecule has 0 radical (unpaired) electrons. The summed E-state index contributed by atoms with van der Waals surface area (Å²) in [6.07, 6.45) is 0.969. The van der Waals surface area contributed by atoms with Gasteiger partial charge in [0.25, 0.3) is 0 Å². The maximum atomic E-state index is 11.3. The number of benzene rings is 1. The summed E-state index contributed by atoms with van der Waals surface area (Å²) in [5, 5.41) is 6.07. The molecular formula is C15H17BrN2O2S. The lowest BCUT2D eigenvalue weighted by atomic mass is 10.2. The van der Waals surface area contributed by atoms with Crippen LogP contribution in [0.15, 0.2) is 28.1 Å². The monoisotopic (exact) mass is 368 g/mol. The van der Waals surface area contributed by atoms with Crippen molar-refractivity contribution in [1.29, 1.82) is 0 Å². The molecule has 0 aliphatic heterocycles. The molecule has 112 valence electrons. The average Bonchev–Trinajstić information content (AvgIpc) is 2.89. The van der Waals surface area contributed by atoms with Gasteiger partial charge in [-0.15, -0.1) is 11.3 Å². The number of esters is 1. The number of halogens is 1. The van der Waals surface area contributed by atoms with Crippen LogP contribution in [0.2, 0.25) is 0 Å². The highest BCUT2D eigenvalue weighted by atomic mass is 79.9. The van der Waals surface area contributed by atoms with Crippen molar-refractivity contribution in [3.8, 4) is 0 Å². The Morgan fingerprint density at radius 2 is 2.29 bits per heavy atom. The Labute approximate surface area is 136 Å². The third kappa shape index (κ3) is 4.82. The van der Waals surface area contributed by atoms with E-state index in [1.165, 1.54) is 16.9 Å². The number of anilines is 2. The minimum absolute atomic E-state index is 0.179. The summed E-state index contributed by atoms with van der Waals surface area (Å²) in [6, 6.07) is 6.11. The molecule has 1 N–H and O–H groups in total. The molecule has 0 aliphatic carbocycles.